The normalized spacial score (nSPS) is 11.1. The molecule has 4 nitrogen and oxygen atoms in total. The molecule has 0 saturated heterocycles. The molecule has 2 aromatic carbocycles. The van der Waals surface area contributed by atoms with E-state index in [4.69, 9.17) is 10.6 Å². The number of carbonyl (C=O) groups excluding carboxylic acids is 1. The van der Waals surface area contributed by atoms with Crippen molar-refractivity contribution in [3.05, 3.63) is 65.2 Å². The zero-order valence-corrected chi connectivity index (χ0v) is 13.2. The Morgan fingerprint density at radius 3 is 2.14 bits per heavy atom. The minimum absolute atomic E-state index is 0.137. The van der Waals surface area contributed by atoms with Gasteiger partial charge < -0.3 is 4.74 Å². The smallest absolute Gasteiger partial charge is 0.265 e. The van der Waals surface area contributed by atoms with E-state index in [-0.39, 0.29) is 11.3 Å². The van der Waals surface area contributed by atoms with Gasteiger partial charge in [-0.25, -0.2) is 5.84 Å². The summed E-state index contributed by atoms with van der Waals surface area (Å²) in [7, 11) is 0. The van der Waals surface area contributed by atoms with Crippen LogP contribution in [0.5, 0.6) is 5.75 Å². The summed E-state index contributed by atoms with van der Waals surface area (Å²) < 4.78 is 5.76. The van der Waals surface area contributed by atoms with E-state index < -0.39 is 0 Å². The molecule has 2 aromatic rings. The Kier molecular flexibility index (Phi) is 4.83. The third-order valence-corrected chi connectivity index (χ3v) is 3.47. The Bertz CT molecular complexity index is 626. The summed E-state index contributed by atoms with van der Waals surface area (Å²) in [5.41, 5.74) is 5.04. The summed E-state index contributed by atoms with van der Waals surface area (Å²) >= 11 is 0. The van der Waals surface area contributed by atoms with Crippen molar-refractivity contribution in [3.8, 4) is 5.75 Å². The summed E-state index contributed by atoms with van der Waals surface area (Å²) in [5, 5.41) is 0. The molecule has 4 heteroatoms. The highest BCUT2D eigenvalue weighted by molar-refractivity contribution is 5.93. The molecule has 0 heterocycles. The van der Waals surface area contributed by atoms with Crippen LogP contribution in [0.2, 0.25) is 0 Å². The second-order valence-electron chi connectivity index (χ2n) is 6.23. The second kappa shape index (κ2) is 6.62. The monoisotopic (exact) mass is 298 g/mol. The topological polar surface area (TPSA) is 64.3 Å². The van der Waals surface area contributed by atoms with Crippen LogP contribution in [-0.4, -0.2) is 5.91 Å². The molecule has 0 unspecified atom stereocenters. The Morgan fingerprint density at radius 2 is 1.64 bits per heavy atom. The van der Waals surface area contributed by atoms with Crippen molar-refractivity contribution in [3.63, 3.8) is 0 Å². The molecule has 0 aliphatic carbocycles. The van der Waals surface area contributed by atoms with E-state index in [0.29, 0.717) is 12.2 Å². The van der Waals surface area contributed by atoms with Crippen LogP contribution in [0.15, 0.2) is 48.5 Å². The molecule has 22 heavy (non-hydrogen) atoms. The first-order chi connectivity index (χ1) is 10.4. The third-order valence-electron chi connectivity index (χ3n) is 3.47. The van der Waals surface area contributed by atoms with Gasteiger partial charge in [0, 0.05) is 5.56 Å². The van der Waals surface area contributed by atoms with E-state index in [9.17, 15) is 4.79 Å². The number of benzene rings is 2. The molecule has 0 radical (unpaired) electrons. The summed E-state index contributed by atoms with van der Waals surface area (Å²) in [5.74, 6) is 5.62. The lowest BCUT2D eigenvalue weighted by Gasteiger charge is -2.19. The lowest BCUT2D eigenvalue weighted by molar-refractivity contribution is 0.0953. The van der Waals surface area contributed by atoms with Crippen LogP contribution in [0.1, 0.15) is 42.3 Å². The van der Waals surface area contributed by atoms with E-state index in [1.54, 1.807) is 12.1 Å². The van der Waals surface area contributed by atoms with E-state index in [1.807, 2.05) is 24.3 Å². The third kappa shape index (κ3) is 4.09. The first-order valence-corrected chi connectivity index (χ1v) is 7.23. The van der Waals surface area contributed by atoms with Crippen molar-refractivity contribution in [1.29, 1.82) is 0 Å². The lowest BCUT2D eigenvalue weighted by Crippen LogP contribution is -2.29. The molecule has 116 valence electrons. The molecule has 2 rings (SSSR count). The van der Waals surface area contributed by atoms with Gasteiger partial charge in [0.2, 0.25) is 0 Å². The maximum atomic E-state index is 11.3. The van der Waals surface area contributed by atoms with Crippen LogP contribution in [0.25, 0.3) is 0 Å². The Balaban J connectivity index is 1.97. The molecule has 0 aliphatic rings. The van der Waals surface area contributed by atoms with Gasteiger partial charge in [0.05, 0.1) is 0 Å². The molecule has 0 aromatic heterocycles. The average molecular weight is 298 g/mol. The largest absolute Gasteiger partial charge is 0.489 e. The predicted octanol–water partition coefficient (Wildman–Crippen LogP) is 3.17. The fourth-order valence-electron chi connectivity index (χ4n) is 2.05. The van der Waals surface area contributed by atoms with Crippen LogP contribution < -0.4 is 16.0 Å². The van der Waals surface area contributed by atoms with Crippen LogP contribution in [-0.2, 0) is 12.0 Å². The van der Waals surface area contributed by atoms with Crippen LogP contribution >= 0.6 is 0 Å². The number of nitrogen functional groups attached to an aromatic ring is 1. The highest BCUT2D eigenvalue weighted by Crippen LogP contribution is 2.24. The summed E-state index contributed by atoms with van der Waals surface area (Å²) in [4.78, 5) is 11.3. The van der Waals surface area contributed by atoms with Crippen molar-refractivity contribution < 1.29 is 9.53 Å². The minimum atomic E-state index is -0.301. The van der Waals surface area contributed by atoms with Crippen LogP contribution in [0.4, 0.5) is 0 Å². The Morgan fingerprint density at radius 1 is 1.05 bits per heavy atom. The van der Waals surface area contributed by atoms with Gasteiger partial charge in [-0.3, -0.25) is 10.2 Å². The molecule has 3 N–H and O–H groups in total. The zero-order valence-electron chi connectivity index (χ0n) is 13.2. The van der Waals surface area contributed by atoms with E-state index >= 15 is 0 Å². The molecule has 0 spiro atoms. The number of hydrogen-bond acceptors (Lipinski definition) is 3. The van der Waals surface area contributed by atoms with Gasteiger partial charge >= 0.3 is 0 Å². The first kappa shape index (κ1) is 16.0. The van der Waals surface area contributed by atoms with E-state index in [2.05, 4.69) is 38.3 Å². The van der Waals surface area contributed by atoms with Gasteiger partial charge in [0.1, 0.15) is 12.4 Å². The van der Waals surface area contributed by atoms with Crippen molar-refractivity contribution >= 4 is 5.91 Å². The average Bonchev–Trinajstić information content (AvgIpc) is 2.52. The molecule has 0 fully saturated rings. The van der Waals surface area contributed by atoms with E-state index in [1.165, 1.54) is 5.56 Å². The molecule has 0 bridgehead atoms. The van der Waals surface area contributed by atoms with Gasteiger partial charge in [0.15, 0.2) is 0 Å². The van der Waals surface area contributed by atoms with Crippen LogP contribution in [0.3, 0.4) is 0 Å². The number of hydrazine groups is 1. The fourth-order valence-corrected chi connectivity index (χ4v) is 2.05. The van der Waals surface area contributed by atoms with Gasteiger partial charge in [-0.1, -0.05) is 45.0 Å². The lowest BCUT2D eigenvalue weighted by atomic mass is 9.87. The SMILES string of the molecule is CC(C)(C)c1ccc(OCc2ccc(C(=O)NN)cc2)cc1. The first-order valence-electron chi connectivity index (χ1n) is 7.23. The summed E-state index contributed by atoms with van der Waals surface area (Å²) in [6.07, 6.45) is 0. The zero-order chi connectivity index (χ0) is 16.2. The summed E-state index contributed by atoms with van der Waals surface area (Å²) in [6.45, 7) is 7.01. The van der Waals surface area contributed by atoms with Crippen molar-refractivity contribution in [2.45, 2.75) is 32.8 Å². The molecular formula is C18H22N2O2. The molecule has 0 atom stereocenters. The van der Waals surface area contributed by atoms with Crippen molar-refractivity contribution in [2.24, 2.45) is 5.84 Å². The number of ether oxygens (including phenoxy) is 1. The predicted molar refractivity (Wildman–Crippen MR) is 87.6 cm³/mol. The van der Waals surface area contributed by atoms with Crippen molar-refractivity contribution in [1.82, 2.24) is 5.43 Å². The molecule has 1 amide bonds. The number of nitrogens with two attached hydrogens (primary N) is 1. The van der Waals surface area contributed by atoms with Crippen LogP contribution in [0, 0.1) is 0 Å². The number of nitrogens with one attached hydrogen (secondary N) is 1. The maximum absolute atomic E-state index is 11.3. The van der Waals surface area contributed by atoms with E-state index in [0.717, 1.165) is 11.3 Å². The fraction of sp³-hybridized carbons (Fsp3) is 0.278. The number of amides is 1. The minimum Gasteiger partial charge on any atom is -0.489 e. The Hall–Kier alpha value is -2.33. The second-order valence-corrected chi connectivity index (χ2v) is 6.23. The highest BCUT2D eigenvalue weighted by Gasteiger charge is 2.12. The maximum Gasteiger partial charge on any atom is 0.265 e. The molecule has 0 aliphatic heterocycles. The van der Waals surface area contributed by atoms with Gasteiger partial charge in [0.25, 0.3) is 5.91 Å². The Labute approximate surface area is 131 Å². The molecular weight excluding hydrogens is 276 g/mol. The number of carbonyl (C=O) groups is 1. The quantitative estimate of drug-likeness (QED) is 0.518. The van der Waals surface area contributed by atoms with Gasteiger partial charge in [-0.15, -0.1) is 0 Å². The van der Waals surface area contributed by atoms with Crippen molar-refractivity contribution in [2.75, 3.05) is 0 Å². The highest BCUT2D eigenvalue weighted by atomic mass is 16.5. The standard InChI is InChI=1S/C18H22N2O2/c1-18(2,3)15-8-10-16(11-9-15)22-12-13-4-6-14(7-5-13)17(21)20-19/h4-11H,12,19H2,1-3H3,(H,20,21). The summed E-state index contributed by atoms with van der Waals surface area (Å²) in [6, 6.07) is 15.3. The van der Waals surface area contributed by atoms with Gasteiger partial charge in [-0.05, 0) is 40.8 Å². The molecule has 0 saturated carbocycles. The number of hydrogen-bond donors (Lipinski definition) is 2. The van der Waals surface area contributed by atoms with Gasteiger partial charge in [-0.2, -0.15) is 0 Å². The number of rotatable bonds is 4.